The molecule has 2 rings (SSSR count). The van der Waals surface area contributed by atoms with Gasteiger partial charge in [-0.15, -0.1) is 0 Å². The van der Waals surface area contributed by atoms with Gasteiger partial charge in [0.05, 0.1) is 6.21 Å². The molecule has 100 valence electrons. The summed E-state index contributed by atoms with van der Waals surface area (Å²) in [4.78, 5) is 22.6. The second-order valence-corrected chi connectivity index (χ2v) is 4.19. The number of carbonyl (C=O) groups excluding carboxylic acids is 2. The highest BCUT2D eigenvalue weighted by Crippen LogP contribution is 2.20. The molecular weight excluding hydrogens is 250 g/mol. The van der Waals surface area contributed by atoms with E-state index in [0.29, 0.717) is 5.56 Å². The van der Waals surface area contributed by atoms with E-state index in [0.717, 1.165) is 18.9 Å². The predicted octanol–water partition coefficient (Wildman–Crippen LogP) is -0.174. The van der Waals surface area contributed by atoms with Crippen LogP contribution in [0.2, 0.25) is 0 Å². The summed E-state index contributed by atoms with van der Waals surface area (Å²) >= 11 is 0. The Hall–Kier alpha value is -2.57. The Morgan fingerprint density at radius 1 is 1.26 bits per heavy atom. The first-order valence-corrected chi connectivity index (χ1v) is 5.72. The smallest absolute Gasteiger partial charge is 0.329 e. The number of hydrazone groups is 1. The minimum atomic E-state index is -0.860. The summed E-state index contributed by atoms with van der Waals surface area (Å²) in [5.74, 6) is -1.85. The zero-order valence-corrected chi connectivity index (χ0v) is 9.96. The van der Waals surface area contributed by atoms with Crippen LogP contribution in [0.5, 0.6) is 11.5 Å². The average Bonchev–Trinajstić information content (AvgIpc) is 3.15. The molecule has 0 bridgehead atoms. The lowest BCUT2D eigenvalue weighted by molar-refractivity contribution is -0.139. The molecule has 2 amide bonds. The monoisotopic (exact) mass is 263 g/mol. The Bertz CT molecular complexity index is 538. The molecule has 1 aromatic carbocycles. The number of phenols is 2. The van der Waals surface area contributed by atoms with Crippen molar-refractivity contribution in [2.45, 2.75) is 18.9 Å². The summed E-state index contributed by atoms with van der Waals surface area (Å²) in [5, 5.41) is 24.6. The maximum Gasteiger partial charge on any atom is 0.329 e. The highest BCUT2D eigenvalue weighted by atomic mass is 16.3. The molecule has 7 nitrogen and oxygen atoms in total. The Morgan fingerprint density at radius 3 is 2.63 bits per heavy atom. The van der Waals surface area contributed by atoms with Gasteiger partial charge in [-0.05, 0) is 25.0 Å². The van der Waals surface area contributed by atoms with E-state index in [1.165, 1.54) is 18.3 Å². The van der Waals surface area contributed by atoms with Crippen molar-refractivity contribution in [2.75, 3.05) is 0 Å². The largest absolute Gasteiger partial charge is 0.508 e. The van der Waals surface area contributed by atoms with Gasteiger partial charge in [-0.1, -0.05) is 0 Å². The molecule has 0 heterocycles. The fourth-order valence-corrected chi connectivity index (χ4v) is 1.33. The molecule has 0 unspecified atom stereocenters. The molecule has 19 heavy (non-hydrogen) atoms. The summed E-state index contributed by atoms with van der Waals surface area (Å²) in [6, 6.07) is 4.03. The fourth-order valence-electron chi connectivity index (χ4n) is 1.33. The Labute approximate surface area is 108 Å². The first kappa shape index (κ1) is 12.9. The Balaban J connectivity index is 1.88. The molecule has 1 aliphatic rings. The number of nitrogens with zero attached hydrogens (tertiary/aromatic N) is 1. The van der Waals surface area contributed by atoms with Crippen LogP contribution in [0.1, 0.15) is 18.4 Å². The lowest BCUT2D eigenvalue weighted by Gasteiger charge is -2.01. The number of rotatable bonds is 3. The molecule has 0 spiro atoms. The molecule has 0 radical (unpaired) electrons. The average molecular weight is 263 g/mol. The van der Waals surface area contributed by atoms with E-state index in [1.54, 1.807) is 0 Å². The Kier molecular flexibility index (Phi) is 3.65. The number of hydrogen-bond donors (Lipinski definition) is 4. The van der Waals surface area contributed by atoms with Crippen molar-refractivity contribution in [1.29, 1.82) is 0 Å². The lowest BCUT2D eigenvalue weighted by Crippen LogP contribution is -2.38. The van der Waals surface area contributed by atoms with E-state index in [4.69, 9.17) is 5.11 Å². The number of nitrogens with one attached hydrogen (secondary N) is 2. The van der Waals surface area contributed by atoms with Gasteiger partial charge in [0.15, 0.2) is 0 Å². The van der Waals surface area contributed by atoms with Crippen LogP contribution < -0.4 is 10.7 Å². The molecule has 1 saturated carbocycles. The van der Waals surface area contributed by atoms with Gasteiger partial charge in [0.2, 0.25) is 0 Å². The van der Waals surface area contributed by atoms with Crippen LogP contribution >= 0.6 is 0 Å². The summed E-state index contributed by atoms with van der Waals surface area (Å²) < 4.78 is 0. The van der Waals surface area contributed by atoms with Crippen molar-refractivity contribution in [2.24, 2.45) is 5.10 Å². The van der Waals surface area contributed by atoms with Crippen LogP contribution in [0.15, 0.2) is 23.3 Å². The first-order chi connectivity index (χ1) is 9.06. The fraction of sp³-hybridized carbons (Fsp3) is 0.250. The molecule has 0 atom stereocenters. The van der Waals surface area contributed by atoms with Crippen molar-refractivity contribution in [3.63, 3.8) is 0 Å². The third-order valence-electron chi connectivity index (χ3n) is 2.50. The van der Waals surface area contributed by atoms with Gasteiger partial charge in [0.1, 0.15) is 11.5 Å². The topological polar surface area (TPSA) is 111 Å². The molecular formula is C12H13N3O4. The standard InChI is InChI=1S/C12H13N3O4/c16-9-4-1-7(10(17)5-9)6-13-15-12(19)11(18)14-8-2-3-8/h1,4-6,8,16-17H,2-3H2,(H,14,18)(H,15,19)/b13-6+. The number of hydrogen-bond acceptors (Lipinski definition) is 5. The number of aromatic hydroxyl groups is 2. The number of phenolic OH excluding ortho intramolecular Hbond substituents is 2. The van der Waals surface area contributed by atoms with E-state index < -0.39 is 11.8 Å². The van der Waals surface area contributed by atoms with Gasteiger partial charge in [-0.3, -0.25) is 9.59 Å². The van der Waals surface area contributed by atoms with Gasteiger partial charge in [-0.25, -0.2) is 5.43 Å². The third-order valence-corrected chi connectivity index (χ3v) is 2.50. The SMILES string of the molecule is O=C(N/N=C/c1ccc(O)cc1O)C(=O)NC1CC1. The quantitative estimate of drug-likeness (QED) is 0.344. The second kappa shape index (κ2) is 5.38. The van der Waals surface area contributed by atoms with Crippen LogP contribution in [0.4, 0.5) is 0 Å². The Morgan fingerprint density at radius 2 is 2.00 bits per heavy atom. The first-order valence-electron chi connectivity index (χ1n) is 5.72. The maximum absolute atomic E-state index is 11.3. The predicted molar refractivity (Wildman–Crippen MR) is 66.7 cm³/mol. The van der Waals surface area contributed by atoms with E-state index in [1.807, 2.05) is 0 Å². The van der Waals surface area contributed by atoms with Crippen molar-refractivity contribution >= 4 is 18.0 Å². The van der Waals surface area contributed by atoms with Crippen molar-refractivity contribution in [3.8, 4) is 11.5 Å². The van der Waals surface area contributed by atoms with Gasteiger partial charge in [0, 0.05) is 17.7 Å². The highest BCUT2D eigenvalue weighted by Gasteiger charge is 2.26. The highest BCUT2D eigenvalue weighted by molar-refractivity contribution is 6.35. The van der Waals surface area contributed by atoms with Crippen molar-refractivity contribution < 1.29 is 19.8 Å². The van der Waals surface area contributed by atoms with Crippen molar-refractivity contribution in [3.05, 3.63) is 23.8 Å². The van der Waals surface area contributed by atoms with Gasteiger partial charge in [0.25, 0.3) is 0 Å². The molecule has 1 aliphatic carbocycles. The van der Waals surface area contributed by atoms with Crippen LogP contribution in [-0.2, 0) is 9.59 Å². The van der Waals surface area contributed by atoms with E-state index >= 15 is 0 Å². The van der Waals surface area contributed by atoms with Crippen molar-refractivity contribution in [1.82, 2.24) is 10.7 Å². The lowest BCUT2D eigenvalue weighted by atomic mass is 10.2. The summed E-state index contributed by atoms with van der Waals surface area (Å²) in [7, 11) is 0. The van der Waals surface area contributed by atoms with Crippen LogP contribution in [0.3, 0.4) is 0 Å². The number of amides is 2. The second-order valence-electron chi connectivity index (χ2n) is 4.19. The van der Waals surface area contributed by atoms with Crippen LogP contribution in [0, 0.1) is 0 Å². The van der Waals surface area contributed by atoms with E-state index in [9.17, 15) is 14.7 Å². The summed E-state index contributed by atoms with van der Waals surface area (Å²) in [6.07, 6.45) is 2.96. The van der Waals surface area contributed by atoms with Crippen LogP contribution in [0.25, 0.3) is 0 Å². The molecule has 1 aromatic rings. The summed E-state index contributed by atoms with van der Waals surface area (Å²) in [6.45, 7) is 0. The minimum absolute atomic E-state index is 0.0810. The zero-order chi connectivity index (χ0) is 13.8. The number of benzene rings is 1. The van der Waals surface area contributed by atoms with Gasteiger partial charge < -0.3 is 15.5 Å². The molecule has 0 aliphatic heterocycles. The third kappa shape index (κ3) is 3.70. The maximum atomic E-state index is 11.3. The van der Waals surface area contributed by atoms with Crippen LogP contribution in [-0.4, -0.2) is 34.3 Å². The number of carbonyl (C=O) groups is 2. The van der Waals surface area contributed by atoms with E-state index in [-0.39, 0.29) is 17.5 Å². The molecule has 7 heteroatoms. The molecule has 0 aromatic heterocycles. The molecule has 1 fully saturated rings. The zero-order valence-electron chi connectivity index (χ0n) is 9.96. The molecule has 4 N–H and O–H groups in total. The van der Waals surface area contributed by atoms with Gasteiger partial charge >= 0.3 is 11.8 Å². The van der Waals surface area contributed by atoms with E-state index in [2.05, 4.69) is 15.8 Å². The summed E-state index contributed by atoms with van der Waals surface area (Å²) in [5.41, 5.74) is 2.36. The minimum Gasteiger partial charge on any atom is -0.508 e. The van der Waals surface area contributed by atoms with Gasteiger partial charge in [-0.2, -0.15) is 5.10 Å². The normalized spacial score (nSPS) is 14.3. The molecule has 0 saturated heterocycles.